The molecule has 2 aromatic heterocycles. The van der Waals surface area contributed by atoms with Crippen LogP contribution in [-0.4, -0.2) is 15.0 Å². The minimum absolute atomic E-state index is 0.647. The smallest absolute Gasteiger partial charge is 0.136 e. The number of pyridine rings is 1. The number of hydrogen-bond donors (Lipinski definition) is 2. The third-order valence-electron chi connectivity index (χ3n) is 3.17. The monoisotopic (exact) mass is 325 g/mol. The van der Waals surface area contributed by atoms with E-state index in [2.05, 4.69) is 25.6 Å². The lowest BCUT2D eigenvalue weighted by Gasteiger charge is -2.11. The Morgan fingerprint density at radius 3 is 2.65 bits per heavy atom. The zero-order chi connectivity index (χ0) is 16.1. The van der Waals surface area contributed by atoms with E-state index in [1.165, 1.54) is 0 Å². The summed E-state index contributed by atoms with van der Waals surface area (Å²) in [7, 11) is 0. The van der Waals surface area contributed by atoms with E-state index in [0.29, 0.717) is 23.2 Å². The van der Waals surface area contributed by atoms with Crippen LogP contribution in [0.5, 0.6) is 0 Å². The second kappa shape index (κ2) is 7.07. The Morgan fingerprint density at radius 2 is 1.87 bits per heavy atom. The molecule has 1 aromatic carbocycles. The summed E-state index contributed by atoms with van der Waals surface area (Å²) < 4.78 is 0. The van der Waals surface area contributed by atoms with Gasteiger partial charge < -0.3 is 10.6 Å². The normalized spacial score (nSPS) is 10.3. The lowest BCUT2D eigenvalue weighted by atomic mass is 10.3. The van der Waals surface area contributed by atoms with Crippen LogP contribution in [0.3, 0.4) is 0 Å². The van der Waals surface area contributed by atoms with Gasteiger partial charge in [0.2, 0.25) is 0 Å². The summed E-state index contributed by atoms with van der Waals surface area (Å²) in [6, 6.07) is 13.3. The fraction of sp³-hybridized carbons (Fsp3) is 0.118. The molecule has 0 aliphatic heterocycles. The zero-order valence-electron chi connectivity index (χ0n) is 12.6. The van der Waals surface area contributed by atoms with Crippen molar-refractivity contribution < 1.29 is 0 Å². The number of hydrogen-bond acceptors (Lipinski definition) is 5. The molecule has 0 atom stereocenters. The molecule has 0 bridgehead atoms. The summed E-state index contributed by atoms with van der Waals surface area (Å²) in [6.45, 7) is 2.50. The molecule has 0 aliphatic carbocycles. The molecular formula is C17H16ClN5. The van der Waals surface area contributed by atoms with Crippen LogP contribution in [0, 0.1) is 6.92 Å². The lowest BCUT2D eigenvalue weighted by Crippen LogP contribution is -2.05. The number of benzene rings is 1. The largest absolute Gasteiger partial charge is 0.366 e. The van der Waals surface area contributed by atoms with E-state index >= 15 is 0 Å². The number of para-hydroxylation sites is 1. The van der Waals surface area contributed by atoms with Crippen molar-refractivity contribution in [1.82, 2.24) is 15.0 Å². The summed E-state index contributed by atoms with van der Waals surface area (Å²) in [5.41, 5.74) is 1.90. The summed E-state index contributed by atoms with van der Waals surface area (Å²) >= 11 is 6.17. The average Bonchev–Trinajstić information content (AvgIpc) is 2.56. The molecule has 23 heavy (non-hydrogen) atoms. The second-order valence-electron chi connectivity index (χ2n) is 5.01. The summed E-state index contributed by atoms with van der Waals surface area (Å²) in [6.07, 6.45) is 3.58. The molecule has 0 spiro atoms. The minimum atomic E-state index is 0.647. The van der Waals surface area contributed by atoms with Crippen LogP contribution in [0.1, 0.15) is 11.4 Å². The van der Waals surface area contributed by atoms with E-state index in [1.807, 2.05) is 55.6 Å². The number of anilines is 3. The SMILES string of the molecule is Cc1nc(NCc2cccnc2)cc(Nc2ccccc2Cl)n1. The fourth-order valence-electron chi connectivity index (χ4n) is 2.12. The Hall–Kier alpha value is -2.66. The number of nitrogens with zero attached hydrogens (tertiary/aromatic N) is 3. The first-order valence-corrected chi connectivity index (χ1v) is 7.58. The molecule has 3 rings (SSSR count). The number of halogens is 1. The highest BCUT2D eigenvalue weighted by molar-refractivity contribution is 6.33. The Kier molecular flexibility index (Phi) is 4.68. The maximum Gasteiger partial charge on any atom is 0.136 e. The Morgan fingerprint density at radius 1 is 1.04 bits per heavy atom. The first kappa shape index (κ1) is 15.2. The van der Waals surface area contributed by atoms with Crippen molar-refractivity contribution in [3.05, 3.63) is 71.3 Å². The van der Waals surface area contributed by atoms with Gasteiger partial charge in [-0.25, -0.2) is 9.97 Å². The summed E-state index contributed by atoms with van der Waals surface area (Å²) in [5, 5.41) is 7.14. The van der Waals surface area contributed by atoms with Crippen LogP contribution in [0.25, 0.3) is 0 Å². The van der Waals surface area contributed by atoms with Gasteiger partial charge in [-0.1, -0.05) is 29.8 Å². The van der Waals surface area contributed by atoms with Gasteiger partial charge in [0, 0.05) is 25.0 Å². The molecule has 2 N–H and O–H groups in total. The summed E-state index contributed by atoms with van der Waals surface area (Å²) in [4.78, 5) is 12.9. The molecule has 6 heteroatoms. The summed E-state index contributed by atoms with van der Waals surface area (Å²) in [5.74, 6) is 2.12. The van der Waals surface area contributed by atoms with Crippen LogP contribution < -0.4 is 10.6 Å². The Labute approximate surface area is 139 Å². The van der Waals surface area contributed by atoms with Crippen LogP contribution in [-0.2, 0) is 6.54 Å². The van der Waals surface area contributed by atoms with E-state index in [-0.39, 0.29) is 0 Å². The van der Waals surface area contributed by atoms with Crippen LogP contribution in [0.2, 0.25) is 5.02 Å². The van der Waals surface area contributed by atoms with E-state index in [0.717, 1.165) is 17.1 Å². The van der Waals surface area contributed by atoms with E-state index in [1.54, 1.807) is 6.20 Å². The molecule has 0 saturated carbocycles. The molecule has 5 nitrogen and oxygen atoms in total. The van der Waals surface area contributed by atoms with Crippen molar-refractivity contribution in [3.8, 4) is 0 Å². The van der Waals surface area contributed by atoms with Crippen molar-refractivity contribution in [2.75, 3.05) is 10.6 Å². The van der Waals surface area contributed by atoms with Gasteiger partial charge in [0.05, 0.1) is 10.7 Å². The molecule has 0 fully saturated rings. The molecular weight excluding hydrogens is 310 g/mol. The molecule has 0 saturated heterocycles. The van der Waals surface area contributed by atoms with Crippen LogP contribution in [0.15, 0.2) is 54.9 Å². The molecule has 0 amide bonds. The van der Waals surface area contributed by atoms with Gasteiger partial charge in [-0.3, -0.25) is 4.98 Å². The first-order valence-electron chi connectivity index (χ1n) is 7.21. The van der Waals surface area contributed by atoms with Gasteiger partial charge in [0.25, 0.3) is 0 Å². The van der Waals surface area contributed by atoms with E-state index in [4.69, 9.17) is 11.6 Å². The van der Waals surface area contributed by atoms with Crippen molar-refractivity contribution in [3.63, 3.8) is 0 Å². The Bertz CT molecular complexity index is 792. The van der Waals surface area contributed by atoms with Gasteiger partial charge in [-0.05, 0) is 30.7 Å². The highest BCUT2D eigenvalue weighted by Gasteiger charge is 2.05. The van der Waals surface area contributed by atoms with Gasteiger partial charge >= 0.3 is 0 Å². The van der Waals surface area contributed by atoms with E-state index < -0.39 is 0 Å². The van der Waals surface area contributed by atoms with Crippen molar-refractivity contribution >= 4 is 28.9 Å². The predicted octanol–water partition coefficient (Wildman–Crippen LogP) is 4.19. The predicted molar refractivity (Wildman–Crippen MR) is 93.1 cm³/mol. The highest BCUT2D eigenvalue weighted by Crippen LogP contribution is 2.24. The standard InChI is InChI=1S/C17H16ClN5/c1-12-21-16(20-11-13-5-4-8-19-10-13)9-17(22-12)23-15-7-3-2-6-14(15)18/h2-10H,11H2,1H3,(H2,20,21,22,23). The number of nitrogens with one attached hydrogen (secondary N) is 2. The maximum absolute atomic E-state index is 6.17. The van der Waals surface area contributed by atoms with Gasteiger partial charge in [0.1, 0.15) is 17.5 Å². The van der Waals surface area contributed by atoms with Crippen LogP contribution >= 0.6 is 11.6 Å². The molecule has 0 aliphatic rings. The number of rotatable bonds is 5. The topological polar surface area (TPSA) is 62.7 Å². The average molecular weight is 326 g/mol. The van der Waals surface area contributed by atoms with Crippen LogP contribution in [0.4, 0.5) is 17.3 Å². The molecule has 2 heterocycles. The van der Waals surface area contributed by atoms with Crippen molar-refractivity contribution in [2.24, 2.45) is 0 Å². The molecule has 3 aromatic rings. The quantitative estimate of drug-likeness (QED) is 0.736. The third kappa shape index (κ3) is 4.17. The zero-order valence-corrected chi connectivity index (χ0v) is 13.4. The van der Waals surface area contributed by atoms with E-state index in [9.17, 15) is 0 Å². The lowest BCUT2D eigenvalue weighted by molar-refractivity contribution is 1.02. The fourth-order valence-corrected chi connectivity index (χ4v) is 2.30. The molecule has 0 radical (unpaired) electrons. The van der Waals surface area contributed by atoms with Gasteiger partial charge in [-0.15, -0.1) is 0 Å². The highest BCUT2D eigenvalue weighted by atomic mass is 35.5. The van der Waals surface area contributed by atoms with Crippen molar-refractivity contribution in [2.45, 2.75) is 13.5 Å². The van der Waals surface area contributed by atoms with Gasteiger partial charge in [-0.2, -0.15) is 0 Å². The third-order valence-corrected chi connectivity index (χ3v) is 3.50. The molecule has 0 unspecified atom stereocenters. The maximum atomic E-state index is 6.17. The first-order chi connectivity index (χ1) is 11.2. The second-order valence-corrected chi connectivity index (χ2v) is 5.41. The van der Waals surface area contributed by atoms with Crippen molar-refractivity contribution in [1.29, 1.82) is 0 Å². The van der Waals surface area contributed by atoms with Gasteiger partial charge in [0.15, 0.2) is 0 Å². The minimum Gasteiger partial charge on any atom is -0.366 e. The number of aromatic nitrogens is 3. The Balaban J connectivity index is 1.75. The number of aryl methyl sites for hydroxylation is 1. The molecule has 116 valence electrons.